The topological polar surface area (TPSA) is 93.5 Å². The molecule has 1 aliphatic heterocycles. The van der Waals surface area contributed by atoms with Crippen LogP contribution in [-0.4, -0.2) is 25.1 Å². The number of amides is 3. The summed E-state index contributed by atoms with van der Waals surface area (Å²) in [5.41, 5.74) is 6.00. The van der Waals surface area contributed by atoms with E-state index in [2.05, 4.69) is 10.6 Å². The van der Waals surface area contributed by atoms with Gasteiger partial charge in [-0.05, 0) is 18.9 Å². The fourth-order valence-electron chi connectivity index (χ4n) is 2.38. The molecule has 1 heterocycles. The number of urea groups is 1. The lowest BCUT2D eigenvalue weighted by molar-refractivity contribution is -0.122. The summed E-state index contributed by atoms with van der Waals surface area (Å²) < 4.78 is 5.57. The normalized spacial score (nSPS) is 16.5. The van der Waals surface area contributed by atoms with Crippen LogP contribution in [0.2, 0.25) is 0 Å². The molecule has 0 radical (unpaired) electrons. The van der Waals surface area contributed by atoms with E-state index in [9.17, 15) is 9.59 Å². The maximum absolute atomic E-state index is 12.0. The van der Waals surface area contributed by atoms with Gasteiger partial charge in [0.25, 0.3) is 0 Å². The van der Waals surface area contributed by atoms with Crippen molar-refractivity contribution in [2.24, 2.45) is 5.73 Å². The van der Waals surface area contributed by atoms with E-state index in [0.717, 1.165) is 30.6 Å². The first kappa shape index (κ1) is 15.2. The number of rotatable bonds is 6. The van der Waals surface area contributed by atoms with E-state index in [-0.39, 0.29) is 11.9 Å². The highest BCUT2D eigenvalue weighted by Gasteiger charge is 2.22. The fraction of sp³-hybridized carbons (Fsp3) is 0.467. The van der Waals surface area contributed by atoms with Crippen molar-refractivity contribution in [3.05, 3.63) is 29.8 Å². The Morgan fingerprint density at radius 1 is 1.29 bits per heavy atom. The van der Waals surface area contributed by atoms with Gasteiger partial charge in [0, 0.05) is 24.9 Å². The average molecular weight is 291 g/mol. The van der Waals surface area contributed by atoms with Gasteiger partial charge in [0.2, 0.25) is 5.91 Å². The Bertz CT molecular complexity index is 505. The Kier molecular flexibility index (Phi) is 5.43. The molecule has 0 aliphatic carbocycles. The highest BCUT2D eigenvalue weighted by molar-refractivity contribution is 5.76. The van der Waals surface area contributed by atoms with Crippen molar-refractivity contribution in [1.29, 1.82) is 0 Å². The molecule has 0 fully saturated rings. The molecule has 6 heteroatoms. The van der Waals surface area contributed by atoms with Gasteiger partial charge >= 0.3 is 6.03 Å². The third-order valence-corrected chi connectivity index (χ3v) is 3.42. The minimum atomic E-state index is -0.529. The number of carbonyl (C=O) groups excluding carboxylic acids is 2. The van der Waals surface area contributed by atoms with Crippen LogP contribution >= 0.6 is 0 Å². The minimum absolute atomic E-state index is 0.0196. The molecule has 1 aromatic rings. The number of ether oxygens (including phenoxy) is 1. The maximum Gasteiger partial charge on any atom is 0.312 e. The van der Waals surface area contributed by atoms with E-state index in [1.54, 1.807) is 0 Å². The highest BCUT2D eigenvalue weighted by Crippen LogP contribution is 2.31. The summed E-state index contributed by atoms with van der Waals surface area (Å²) in [6, 6.07) is 7.26. The molecule has 0 unspecified atom stereocenters. The second-order valence-corrected chi connectivity index (χ2v) is 5.04. The molecular formula is C15H21N3O3. The number of unbranched alkanes of at least 4 members (excludes halogenated alkanes) is 1. The van der Waals surface area contributed by atoms with E-state index >= 15 is 0 Å². The van der Waals surface area contributed by atoms with Crippen molar-refractivity contribution in [1.82, 2.24) is 10.6 Å². The van der Waals surface area contributed by atoms with E-state index in [1.807, 2.05) is 24.3 Å². The van der Waals surface area contributed by atoms with Crippen LogP contribution < -0.4 is 21.1 Å². The molecule has 0 spiro atoms. The Hall–Kier alpha value is -2.24. The number of para-hydroxylation sites is 1. The predicted molar refractivity (Wildman–Crippen MR) is 78.9 cm³/mol. The van der Waals surface area contributed by atoms with Gasteiger partial charge in [0.05, 0.1) is 12.6 Å². The zero-order valence-electron chi connectivity index (χ0n) is 11.9. The molecule has 1 aliphatic rings. The fourth-order valence-corrected chi connectivity index (χ4v) is 2.38. The van der Waals surface area contributed by atoms with Gasteiger partial charge in [-0.2, -0.15) is 0 Å². The van der Waals surface area contributed by atoms with Crippen LogP contribution in [0.1, 0.15) is 37.3 Å². The van der Waals surface area contributed by atoms with Crippen molar-refractivity contribution in [2.75, 3.05) is 13.2 Å². The van der Waals surface area contributed by atoms with E-state index in [1.165, 1.54) is 0 Å². The molecule has 4 N–H and O–H groups in total. The van der Waals surface area contributed by atoms with Crippen LogP contribution in [0.4, 0.5) is 4.79 Å². The molecular weight excluding hydrogens is 270 g/mol. The quantitative estimate of drug-likeness (QED) is 0.693. The summed E-state index contributed by atoms with van der Waals surface area (Å²) in [7, 11) is 0. The van der Waals surface area contributed by atoms with Gasteiger partial charge in [-0.25, -0.2) is 4.79 Å². The summed E-state index contributed by atoms with van der Waals surface area (Å²) in [6.45, 7) is 1.12. The zero-order valence-corrected chi connectivity index (χ0v) is 11.9. The molecule has 21 heavy (non-hydrogen) atoms. The van der Waals surface area contributed by atoms with Crippen LogP contribution in [0.5, 0.6) is 5.75 Å². The second kappa shape index (κ2) is 7.52. The van der Waals surface area contributed by atoms with Crippen molar-refractivity contribution in [2.45, 2.75) is 31.7 Å². The van der Waals surface area contributed by atoms with E-state index in [0.29, 0.717) is 19.6 Å². The Balaban J connectivity index is 1.75. The van der Waals surface area contributed by atoms with Crippen molar-refractivity contribution in [3.8, 4) is 5.75 Å². The summed E-state index contributed by atoms with van der Waals surface area (Å²) in [5.74, 6) is 0.871. The summed E-state index contributed by atoms with van der Waals surface area (Å²) in [5, 5.41) is 5.55. The van der Waals surface area contributed by atoms with Crippen molar-refractivity contribution >= 4 is 11.9 Å². The van der Waals surface area contributed by atoms with Crippen LogP contribution in [0.15, 0.2) is 24.3 Å². The first-order valence-electron chi connectivity index (χ1n) is 7.21. The number of carbonyl (C=O) groups is 2. The lowest BCUT2D eigenvalue weighted by Crippen LogP contribution is -2.32. The zero-order chi connectivity index (χ0) is 15.1. The van der Waals surface area contributed by atoms with Crippen LogP contribution in [-0.2, 0) is 4.79 Å². The van der Waals surface area contributed by atoms with Crippen LogP contribution in [0.3, 0.4) is 0 Å². The third-order valence-electron chi connectivity index (χ3n) is 3.42. The lowest BCUT2D eigenvalue weighted by Gasteiger charge is -2.26. The summed E-state index contributed by atoms with van der Waals surface area (Å²) in [6.07, 6.45) is 2.68. The second-order valence-electron chi connectivity index (χ2n) is 5.04. The molecule has 2 rings (SSSR count). The standard InChI is InChI=1S/C15H21N3O3/c16-15(20)17-9-4-3-7-14(19)18-12-8-10-21-13-6-2-1-5-11(12)13/h1-2,5-6,12H,3-4,7-10H2,(H,18,19)(H3,16,17,20)/t12-/m0/s1. The van der Waals surface area contributed by atoms with Gasteiger partial charge in [0.15, 0.2) is 0 Å². The first-order chi connectivity index (χ1) is 10.2. The molecule has 0 bridgehead atoms. The minimum Gasteiger partial charge on any atom is -0.493 e. The van der Waals surface area contributed by atoms with E-state index < -0.39 is 6.03 Å². The van der Waals surface area contributed by atoms with Gasteiger partial charge in [0.1, 0.15) is 5.75 Å². The largest absolute Gasteiger partial charge is 0.493 e. The van der Waals surface area contributed by atoms with Gasteiger partial charge in [-0.1, -0.05) is 18.2 Å². The Morgan fingerprint density at radius 3 is 2.90 bits per heavy atom. The van der Waals surface area contributed by atoms with Crippen LogP contribution in [0.25, 0.3) is 0 Å². The molecule has 0 aromatic heterocycles. The van der Waals surface area contributed by atoms with Gasteiger partial charge in [-0.3, -0.25) is 4.79 Å². The number of nitrogens with two attached hydrogens (primary N) is 1. The van der Waals surface area contributed by atoms with Crippen molar-refractivity contribution in [3.63, 3.8) is 0 Å². The number of hydrogen-bond donors (Lipinski definition) is 3. The predicted octanol–water partition coefficient (Wildman–Crippen LogP) is 1.46. The molecule has 1 atom stereocenters. The Labute approximate surface area is 124 Å². The monoisotopic (exact) mass is 291 g/mol. The third kappa shape index (κ3) is 4.66. The first-order valence-corrected chi connectivity index (χ1v) is 7.21. The highest BCUT2D eigenvalue weighted by atomic mass is 16.5. The number of fused-ring (bicyclic) bond motifs is 1. The van der Waals surface area contributed by atoms with Crippen LogP contribution in [0, 0.1) is 0 Å². The smallest absolute Gasteiger partial charge is 0.312 e. The number of nitrogens with one attached hydrogen (secondary N) is 2. The Morgan fingerprint density at radius 2 is 2.10 bits per heavy atom. The average Bonchev–Trinajstić information content (AvgIpc) is 2.47. The maximum atomic E-state index is 12.0. The molecule has 3 amide bonds. The van der Waals surface area contributed by atoms with Crippen molar-refractivity contribution < 1.29 is 14.3 Å². The van der Waals surface area contributed by atoms with Gasteiger partial charge < -0.3 is 21.1 Å². The number of hydrogen-bond acceptors (Lipinski definition) is 3. The lowest BCUT2D eigenvalue weighted by atomic mass is 10.0. The SMILES string of the molecule is NC(=O)NCCCCC(=O)N[C@H]1CCOc2ccccc21. The van der Waals surface area contributed by atoms with E-state index in [4.69, 9.17) is 10.5 Å². The number of benzene rings is 1. The van der Waals surface area contributed by atoms with Gasteiger partial charge in [-0.15, -0.1) is 0 Å². The molecule has 0 saturated heterocycles. The molecule has 114 valence electrons. The summed E-state index contributed by atoms with van der Waals surface area (Å²) in [4.78, 5) is 22.5. The number of primary amides is 1. The molecule has 1 aromatic carbocycles. The molecule has 0 saturated carbocycles. The summed E-state index contributed by atoms with van der Waals surface area (Å²) >= 11 is 0. The molecule has 6 nitrogen and oxygen atoms in total.